The second kappa shape index (κ2) is 5.53. The lowest BCUT2D eigenvalue weighted by atomic mass is 10.3. The Balaban J connectivity index is 2.08. The van der Waals surface area contributed by atoms with Crippen LogP contribution in [0.25, 0.3) is 0 Å². The van der Waals surface area contributed by atoms with Gasteiger partial charge >= 0.3 is 0 Å². The lowest BCUT2D eigenvalue weighted by Gasteiger charge is -2.17. The summed E-state index contributed by atoms with van der Waals surface area (Å²) in [6.07, 6.45) is 6.40. The van der Waals surface area contributed by atoms with E-state index in [0.29, 0.717) is 6.54 Å². The highest BCUT2D eigenvalue weighted by Gasteiger charge is 2.16. The van der Waals surface area contributed by atoms with E-state index in [1.165, 1.54) is 0 Å². The monoisotopic (exact) mass is 246 g/mol. The maximum absolute atomic E-state index is 12.3. The van der Waals surface area contributed by atoms with Gasteiger partial charge in [-0.1, -0.05) is 6.92 Å². The van der Waals surface area contributed by atoms with E-state index < -0.39 is 0 Å². The molecule has 0 saturated heterocycles. The molecule has 0 spiro atoms. The van der Waals surface area contributed by atoms with E-state index in [1.54, 1.807) is 24.3 Å². The summed E-state index contributed by atoms with van der Waals surface area (Å²) >= 11 is 0. The van der Waals surface area contributed by atoms with Gasteiger partial charge in [-0.05, 0) is 18.6 Å². The number of aromatic amines is 1. The van der Waals surface area contributed by atoms with Crippen LogP contribution in [0.4, 0.5) is 0 Å². The molecule has 0 unspecified atom stereocenters. The lowest BCUT2D eigenvalue weighted by Crippen LogP contribution is -2.28. The summed E-state index contributed by atoms with van der Waals surface area (Å²) in [5.41, 5.74) is 0.728. The third kappa shape index (κ3) is 2.61. The number of carbonyl (C=O) groups excluding carboxylic acids is 1. The minimum Gasteiger partial charge on any atom is -0.347 e. The Labute approximate surface area is 106 Å². The topological polar surface area (TPSA) is 53.9 Å². The fraction of sp³-hybridized carbons (Fsp3) is 0.385. The molecule has 18 heavy (non-hydrogen) atoms. The van der Waals surface area contributed by atoms with Crippen LogP contribution in [-0.2, 0) is 13.1 Å². The molecule has 2 heterocycles. The maximum atomic E-state index is 12.3. The molecule has 0 saturated carbocycles. The standard InChI is InChI=1S/C13H18N4O/c1-3-8-17-9-4-5-11(17)13(18)16(2)10-12-14-6-7-15-12/h4-7,9H,3,8,10H2,1-2H3,(H,14,15). The van der Waals surface area contributed by atoms with Crippen molar-refractivity contribution in [3.63, 3.8) is 0 Å². The number of H-pyrrole nitrogens is 1. The number of hydrogen-bond acceptors (Lipinski definition) is 2. The molecule has 2 rings (SSSR count). The van der Waals surface area contributed by atoms with E-state index in [-0.39, 0.29) is 5.91 Å². The molecule has 2 aromatic rings. The number of aryl methyl sites for hydroxylation is 1. The number of carbonyl (C=O) groups is 1. The van der Waals surface area contributed by atoms with Crippen molar-refractivity contribution in [1.29, 1.82) is 0 Å². The van der Waals surface area contributed by atoms with Gasteiger partial charge < -0.3 is 14.5 Å². The second-order valence-electron chi connectivity index (χ2n) is 4.28. The molecule has 2 aromatic heterocycles. The summed E-state index contributed by atoms with van der Waals surface area (Å²) < 4.78 is 1.99. The van der Waals surface area contributed by atoms with Crippen molar-refractivity contribution in [3.8, 4) is 0 Å². The minimum absolute atomic E-state index is 0.0184. The first-order valence-corrected chi connectivity index (χ1v) is 6.11. The average molecular weight is 246 g/mol. The summed E-state index contributed by atoms with van der Waals surface area (Å²) in [6.45, 7) is 3.45. The van der Waals surface area contributed by atoms with Gasteiger partial charge in [-0.2, -0.15) is 0 Å². The van der Waals surface area contributed by atoms with E-state index in [2.05, 4.69) is 16.9 Å². The predicted molar refractivity (Wildman–Crippen MR) is 69.1 cm³/mol. The molecule has 1 N–H and O–H groups in total. The number of aromatic nitrogens is 3. The highest BCUT2D eigenvalue weighted by atomic mass is 16.2. The number of amides is 1. The second-order valence-corrected chi connectivity index (χ2v) is 4.28. The smallest absolute Gasteiger partial charge is 0.270 e. The van der Waals surface area contributed by atoms with Crippen LogP contribution in [0, 0.1) is 0 Å². The Morgan fingerprint density at radius 3 is 3.06 bits per heavy atom. The molecule has 5 heteroatoms. The van der Waals surface area contributed by atoms with Crippen molar-refractivity contribution in [2.24, 2.45) is 0 Å². The summed E-state index contributed by atoms with van der Waals surface area (Å²) in [5, 5.41) is 0. The van der Waals surface area contributed by atoms with Gasteiger partial charge in [0, 0.05) is 32.2 Å². The largest absolute Gasteiger partial charge is 0.347 e. The normalized spacial score (nSPS) is 10.6. The van der Waals surface area contributed by atoms with Crippen molar-refractivity contribution < 1.29 is 4.79 Å². The van der Waals surface area contributed by atoms with E-state index in [1.807, 2.05) is 22.9 Å². The fourth-order valence-electron chi connectivity index (χ4n) is 1.92. The Morgan fingerprint density at radius 2 is 2.39 bits per heavy atom. The van der Waals surface area contributed by atoms with Gasteiger partial charge in [-0.25, -0.2) is 4.98 Å². The molecule has 0 radical (unpaired) electrons. The molecule has 5 nitrogen and oxygen atoms in total. The zero-order valence-corrected chi connectivity index (χ0v) is 10.8. The van der Waals surface area contributed by atoms with E-state index in [4.69, 9.17) is 0 Å². The Morgan fingerprint density at radius 1 is 1.56 bits per heavy atom. The average Bonchev–Trinajstić information content (AvgIpc) is 3.00. The molecule has 0 bridgehead atoms. The fourth-order valence-corrected chi connectivity index (χ4v) is 1.92. The van der Waals surface area contributed by atoms with Gasteiger partial charge in [0.2, 0.25) is 0 Å². The third-order valence-electron chi connectivity index (χ3n) is 2.80. The van der Waals surface area contributed by atoms with Crippen LogP contribution < -0.4 is 0 Å². The summed E-state index contributed by atoms with van der Waals surface area (Å²) in [7, 11) is 1.79. The first kappa shape index (κ1) is 12.4. The van der Waals surface area contributed by atoms with E-state index in [0.717, 1.165) is 24.5 Å². The lowest BCUT2D eigenvalue weighted by molar-refractivity contribution is 0.0771. The van der Waals surface area contributed by atoms with Crippen LogP contribution >= 0.6 is 0 Å². The highest BCUT2D eigenvalue weighted by Crippen LogP contribution is 2.08. The van der Waals surface area contributed by atoms with Crippen LogP contribution in [0.3, 0.4) is 0 Å². The number of nitrogens with one attached hydrogen (secondary N) is 1. The van der Waals surface area contributed by atoms with Gasteiger partial charge in [0.15, 0.2) is 0 Å². The molecule has 0 atom stereocenters. The van der Waals surface area contributed by atoms with Crippen molar-refractivity contribution in [1.82, 2.24) is 19.4 Å². The molecule has 0 aliphatic heterocycles. The molecule has 96 valence electrons. The molecular formula is C13H18N4O. The van der Waals surface area contributed by atoms with Gasteiger partial charge in [0.1, 0.15) is 11.5 Å². The third-order valence-corrected chi connectivity index (χ3v) is 2.80. The van der Waals surface area contributed by atoms with Crippen LogP contribution in [-0.4, -0.2) is 32.4 Å². The minimum atomic E-state index is 0.0184. The molecule has 0 aliphatic carbocycles. The Bertz CT molecular complexity index is 501. The van der Waals surface area contributed by atoms with Crippen molar-refractivity contribution >= 4 is 5.91 Å². The molecular weight excluding hydrogens is 228 g/mol. The van der Waals surface area contributed by atoms with Crippen molar-refractivity contribution in [2.45, 2.75) is 26.4 Å². The SMILES string of the molecule is CCCn1cccc1C(=O)N(C)Cc1ncc[nH]1. The number of nitrogens with zero attached hydrogens (tertiary/aromatic N) is 3. The number of rotatable bonds is 5. The van der Waals surface area contributed by atoms with Crippen LogP contribution in [0.15, 0.2) is 30.7 Å². The highest BCUT2D eigenvalue weighted by molar-refractivity contribution is 5.92. The van der Waals surface area contributed by atoms with Crippen molar-refractivity contribution in [3.05, 3.63) is 42.2 Å². The number of hydrogen-bond donors (Lipinski definition) is 1. The zero-order chi connectivity index (χ0) is 13.0. The summed E-state index contributed by atoms with van der Waals surface area (Å²) in [6, 6.07) is 3.76. The summed E-state index contributed by atoms with van der Waals surface area (Å²) in [4.78, 5) is 21.1. The van der Waals surface area contributed by atoms with Crippen LogP contribution in [0.5, 0.6) is 0 Å². The quantitative estimate of drug-likeness (QED) is 0.876. The molecule has 1 amide bonds. The molecule has 0 aromatic carbocycles. The number of imidazole rings is 1. The van der Waals surface area contributed by atoms with Gasteiger partial charge in [-0.15, -0.1) is 0 Å². The molecule has 0 fully saturated rings. The van der Waals surface area contributed by atoms with E-state index in [9.17, 15) is 4.79 Å². The van der Waals surface area contributed by atoms with Gasteiger partial charge in [0.25, 0.3) is 5.91 Å². The first-order chi connectivity index (χ1) is 8.72. The first-order valence-electron chi connectivity index (χ1n) is 6.11. The maximum Gasteiger partial charge on any atom is 0.270 e. The van der Waals surface area contributed by atoms with Gasteiger partial charge in [0.05, 0.1) is 6.54 Å². The Hall–Kier alpha value is -2.04. The van der Waals surface area contributed by atoms with Crippen LogP contribution in [0.1, 0.15) is 29.7 Å². The summed E-state index contributed by atoms with van der Waals surface area (Å²) in [5.74, 6) is 0.810. The predicted octanol–water partition coefficient (Wildman–Crippen LogP) is 1.89. The van der Waals surface area contributed by atoms with Crippen LogP contribution in [0.2, 0.25) is 0 Å². The van der Waals surface area contributed by atoms with E-state index >= 15 is 0 Å². The Kier molecular flexibility index (Phi) is 3.82. The van der Waals surface area contributed by atoms with Crippen molar-refractivity contribution in [2.75, 3.05) is 7.05 Å². The van der Waals surface area contributed by atoms with Gasteiger partial charge in [-0.3, -0.25) is 4.79 Å². The zero-order valence-electron chi connectivity index (χ0n) is 10.8. The molecule has 0 aliphatic rings.